The normalized spacial score (nSPS) is 13.8. The standard InChI is InChI=1S/C23H24N4O2S/c1-16-4-2-5-19(12-16)18-8-6-17(7-9-18)14-25-21(28)13-20-15-30-23(26-20)27-11-3-10-24-22(27)29/h2,4-9,12,15H,3,10-11,13-14H2,1H3,(H,24,29)(H,25,28). The van der Waals surface area contributed by atoms with Gasteiger partial charge in [-0.15, -0.1) is 11.3 Å². The zero-order valence-corrected chi connectivity index (χ0v) is 17.7. The van der Waals surface area contributed by atoms with E-state index >= 15 is 0 Å². The van der Waals surface area contributed by atoms with Crippen molar-refractivity contribution in [1.29, 1.82) is 0 Å². The van der Waals surface area contributed by atoms with E-state index in [4.69, 9.17) is 0 Å². The second-order valence-corrected chi connectivity index (χ2v) is 8.22. The van der Waals surface area contributed by atoms with Crippen molar-refractivity contribution >= 4 is 28.4 Å². The van der Waals surface area contributed by atoms with Crippen LogP contribution in [0.4, 0.5) is 9.93 Å². The van der Waals surface area contributed by atoms with Crippen molar-refractivity contribution in [2.75, 3.05) is 18.0 Å². The molecule has 0 aliphatic carbocycles. The smallest absolute Gasteiger partial charge is 0.323 e. The van der Waals surface area contributed by atoms with Crippen LogP contribution >= 0.6 is 11.3 Å². The number of rotatable bonds is 6. The second-order valence-electron chi connectivity index (χ2n) is 7.38. The first-order chi connectivity index (χ1) is 14.6. The number of aryl methyl sites for hydroxylation is 1. The number of benzene rings is 2. The predicted octanol–water partition coefficient (Wildman–Crippen LogP) is 3.90. The Hall–Kier alpha value is -3.19. The van der Waals surface area contributed by atoms with Crippen LogP contribution in [0.5, 0.6) is 0 Å². The molecule has 1 saturated heterocycles. The van der Waals surface area contributed by atoms with Gasteiger partial charge in [-0.2, -0.15) is 0 Å². The molecule has 7 heteroatoms. The van der Waals surface area contributed by atoms with Crippen LogP contribution in [0.15, 0.2) is 53.9 Å². The molecular weight excluding hydrogens is 396 g/mol. The number of nitrogens with zero attached hydrogens (tertiary/aromatic N) is 2. The van der Waals surface area contributed by atoms with Crippen molar-refractivity contribution in [2.45, 2.75) is 26.3 Å². The lowest BCUT2D eigenvalue weighted by molar-refractivity contribution is -0.120. The Morgan fingerprint density at radius 3 is 2.80 bits per heavy atom. The van der Waals surface area contributed by atoms with Crippen LogP contribution < -0.4 is 15.5 Å². The first kappa shape index (κ1) is 20.1. The summed E-state index contributed by atoms with van der Waals surface area (Å²) < 4.78 is 0. The fourth-order valence-corrected chi connectivity index (χ4v) is 4.23. The Kier molecular flexibility index (Phi) is 6.09. The zero-order valence-electron chi connectivity index (χ0n) is 16.9. The topological polar surface area (TPSA) is 74.3 Å². The molecule has 2 N–H and O–H groups in total. The van der Waals surface area contributed by atoms with E-state index in [0.717, 1.165) is 17.5 Å². The van der Waals surface area contributed by atoms with Crippen LogP contribution in [-0.2, 0) is 17.8 Å². The van der Waals surface area contributed by atoms with Gasteiger partial charge >= 0.3 is 6.03 Å². The molecule has 3 amide bonds. The van der Waals surface area contributed by atoms with Crippen LogP contribution in [0.25, 0.3) is 11.1 Å². The summed E-state index contributed by atoms with van der Waals surface area (Å²) in [6.07, 6.45) is 1.09. The van der Waals surface area contributed by atoms with E-state index in [1.54, 1.807) is 4.90 Å². The molecule has 0 atom stereocenters. The number of carbonyl (C=O) groups is 2. The maximum atomic E-state index is 12.3. The fraction of sp³-hybridized carbons (Fsp3) is 0.261. The lowest BCUT2D eigenvalue weighted by atomic mass is 10.0. The molecule has 2 heterocycles. The maximum Gasteiger partial charge on any atom is 0.323 e. The van der Waals surface area contributed by atoms with Crippen LogP contribution in [0.3, 0.4) is 0 Å². The van der Waals surface area contributed by atoms with Gasteiger partial charge in [0, 0.05) is 25.0 Å². The molecule has 0 unspecified atom stereocenters. The molecule has 0 saturated carbocycles. The summed E-state index contributed by atoms with van der Waals surface area (Å²) in [6.45, 7) is 3.91. The van der Waals surface area contributed by atoms with Crippen molar-refractivity contribution in [2.24, 2.45) is 0 Å². The Morgan fingerprint density at radius 2 is 2.03 bits per heavy atom. The molecule has 0 radical (unpaired) electrons. The van der Waals surface area contributed by atoms with Gasteiger partial charge in [-0.25, -0.2) is 9.78 Å². The van der Waals surface area contributed by atoms with E-state index < -0.39 is 0 Å². The highest BCUT2D eigenvalue weighted by Crippen LogP contribution is 2.23. The van der Waals surface area contributed by atoms with Crippen LogP contribution in [0, 0.1) is 6.92 Å². The summed E-state index contributed by atoms with van der Waals surface area (Å²) >= 11 is 1.39. The molecule has 6 nitrogen and oxygen atoms in total. The van der Waals surface area contributed by atoms with Crippen LogP contribution in [0.1, 0.15) is 23.2 Å². The van der Waals surface area contributed by atoms with Crippen molar-refractivity contribution in [3.05, 3.63) is 70.7 Å². The SMILES string of the molecule is Cc1cccc(-c2ccc(CNC(=O)Cc3csc(N4CCCNC4=O)n3)cc2)c1. The van der Waals surface area contributed by atoms with Crippen LogP contribution in [-0.4, -0.2) is 30.0 Å². The summed E-state index contributed by atoms with van der Waals surface area (Å²) in [5, 5.41) is 8.24. The lowest BCUT2D eigenvalue weighted by Crippen LogP contribution is -2.46. The van der Waals surface area contributed by atoms with Gasteiger partial charge in [0.2, 0.25) is 5.91 Å². The van der Waals surface area contributed by atoms with E-state index in [1.165, 1.54) is 22.5 Å². The van der Waals surface area contributed by atoms with Gasteiger partial charge in [0.15, 0.2) is 5.13 Å². The highest BCUT2D eigenvalue weighted by molar-refractivity contribution is 7.14. The molecule has 1 aliphatic rings. The molecule has 0 spiro atoms. The first-order valence-electron chi connectivity index (χ1n) is 10.0. The number of thiazole rings is 1. The van der Waals surface area contributed by atoms with Gasteiger partial charge in [0.05, 0.1) is 12.1 Å². The summed E-state index contributed by atoms with van der Waals surface area (Å²) in [5.74, 6) is -0.0855. The number of hydrogen-bond donors (Lipinski definition) is 2. The Morgan fingerprint density at radius 1 is 1.20 bits per heavy atom. The minimum absolute atomic E-state index is 0.0855. The van der Waals surface area contributed by atoms with Gasteiger partial charge in [-0.3, -0.25) is 9.69 Å². The average Bonchev–Trinajstić information content (AvgIpc) is 3.21. The summed E-state index contributed by atoms with van der Waals surface area (Å²) in [5.41, 5.74) is 5.30. The molecule has 0 bridgehead atoms. The van der Waals surface area contributed by atoms with Gasteiger partial charge in [-0.05, 0) is 30.0 Å². The number of nitrogens with one attached hydrogen (secondary N) is 2. The molecule has 3 aromatic rings. The molecule has 4 rings (SSSR count). The predicted molar refractivity (Wildman–Crippen MR) is 120 cm³/mol. The highest BCUT2D eigenvalue weighted by atomic mass is 32.1. The molecule has 1 aliphatic heterocycles. The third-order valence-corrected chi connectivity index (χ3v) is 5.90. The Balaban J connectivity index is 1.30. The molecule has 1 aromatic heterocycles. The molecule has 1 fully saturated rings. The molecule has 30 heavy (non-hydrogen) atoms. The van der Waals surface area contributed by atoms with Gasteiger partial charge in [-0.1, -0.05) is 54.1 Å². The largest absolute Gasteiger partial charge is 0.352 e. The second kappa shape index (κ2) is 9.09. The molecule has 2 aromatic carbocycles. The first-order valence-corrected chi connectivity index (χ1v) is 10.9. The van der Waals surface area contributed by atoms with Gasteiger partial charge < -0.3 is 10.6 Å². The highest BCUT2D eigenvalue weighted by Gasteiger charge is 2.22. The Labute approximate surface area is 180 Å². The fourth-order valence-electron chi connectivity index (χ4n) is 3.38. The number of hydrogen-bond acceptors (Lipinski definition) is 4. The van der Waals surface area contributed by atoms with Crippen molar-refractivity contribution in [3.8, 4) is 11.1 Å². The van der Waals surface area contributed by atoms with E-state index in [1.807, 2.05) is 17.5 Å². The summed E-state index contributed by atoms with van der Waals surface area (Å²) in [7, 11) is 0. The monoisotopic (exact) mass is 420 g/mol. The number of anilines is 1. The minimum Gasteiger partial charge on any atom is -0.352 e. The van der Waals surface area contributed by atoms with Gasteiger partial charge in [0.1, 0.15) is 0 Å². The van der Waals surface area contributed by atoms with E-state index in [-0.39, 0.29) is 18.4 Å². The molecule has 154 valence electrons. The Bertz CT molecular complexity index is 1050. The molecular formula is C23H24N4O2S. The van der Waals surface area contributed by atoms with E-state index in [2.05, 4.69) is 58.9 Å². The van der Waals surface area contributed by atoms with Crippen molar-refractivity contribution in [3.63, 3.8) is 0 Å². The van der Waals surface area contributed by atoms with E-state index in [0.29, 0.717) is 30.5 Å². The maximum absolute atomic E-state index is 12.3. The third-order valence-electron chi connectivity index (χ3n) is 4.99. The van der Waals surface area contributed by atoms with Crippen molar-refractivity contribution in [1.82, 2.24) is 15.6 Å². The summed E-state index contributed by atoms with van der Waals surface area (Å²) in [4.78, 5) is 30.3. The van der Waals surface area contributed by atoms with E-state index in [9.17, 15) is 9.59 Å². The number of amides is 3. The number of carbonyl (C=O) groups excluding carboxylic acids is 2. The lowest BCUT2D eigenvalue weighted by Gasteiger charge is -2.24. The van der Waals surface area contributed by atoms with Gasteiger partial charge in [0.25, 0.3) is 0 Å². The zero-order chi connectivity index (χ0) is 20.9. The number of aromatic nitrogens is 1. The minimum atomic E-state index is -0.124. The average molecular weight is 421 g/mol. The van der Waals surface area contributed by atoms with Crippen LogP contribution in [0.2, 0.25) is 0 Å². The van der Waals surface area contributed by atoms with Crippen molar-refractivity contribution < 1.29 is 9.59 Å². The number of urea groups is 1. The summed E-state index contributed by atoms with van der Waals surface area (Å²) in [6, 6.07) is 16.5. The quantitative estimate of drug-likeness (QED) is 0.635. The third kappa shape index (κ3) is 4.86.